The summed E-state index contributed by atoms with van der Waals surface area (Å²) < 4.78 is 14.0. The molecule has 1 heterocycles. The first kappa shape index (κ1) is 13.0. The molecule has 0 aliphatic carbocycles. The van der Waals surface area contributed by atoms with Gasteiger partial charge in [0.05, 0.1) is 16.3 Å². The van der Waals surface area contributed by atoms with Crippen molar-refractivity contribution in [3.63, 3.8) is 0 Å². The van der Waals surface area contributed by atoms with Crippen molar-refractivity contribution >= 4 is 39.1 Å². The van der Waals surface area contributed by atoms with Crippen LogP contribution >= 0.6 is 27.5 Å². The van der Waals surface area contributed by atoms with Crippen LogP contribution in [0.1, 0.15) is 10.4 Å². The first-order valence-corrected chi connectivity index (χ1v) is 6.11. The van der Waals surface area contributed by atoms with E-state index in [0.717, 1.165) is 0 Å². The molecule has 0 bridgehead atoms. The highest BCUT2D eigenvalue weighted by molar-refractivity contribution is 9.10. The average Bonchev–Trinajstić information content (AvgIpc) is 2.34. The molecule has 1 N–H and O–H groups in total. The maximum Gasteiger partial charge on any atom is 0.258 e. The van der Waals surface area contributed by atoms with Gasteiger partial charge in [0.1, 0.15) is 5.82 Å². The summed E-state index contributed by atoms with van der Waals surface area (Å²) in [6.45, 7) is 0. The molecule has 2 aromatic rings. The number of amides is 1. The number of anilines is 1. The van der Waals surface area contributed by atoms with Crippen molar-refractivity contribution in [1.82, 2.24) is 4.98 Å². The van der Waals surface area contributed by atoms with Crippen LogP contribution in [-0.2, 0) is 0 Å². The van der Waals surface area contributed by atoms with E-state index in [4.69, 9.17) is 11.6 Å². The molecule has 0 spiro atoms. The number of nitrogens with one attached hydrogen (secondary N) is 1. The Morgan fingerprint density at radius 1 is 1.39 bits per heavy atom. The minimum atomic E-state index is -0.530. The first-order valence-electron chi connectivity index (χ1n) is 4.94. The van der Waals surface area contributed by atoms with Crippen molar-refractivity contribution in [3.05, 3.63) is 57.5 Å². The Morgan fingerprint density at radius 2 is 2.17 bits per heavy atom. The number of halogens is 3. The Bertz CT molecular complexity index is 586. The van der Waals surface area contributed by atoms with E-state index in [-0.39, 0.29) is 16.3 Å². The van der Waals surface area contributed by atoms with Crippen molar-refractivity contribution in [2.24, 2.45) is 0 Å². The number of aromatic nitrogens is 1. The molecular weight excluding hydrogens is 322 g/mol. The fourth-order valence-electron chi connectivity index (χ4n) is 1.34. The lowest BCUT2D eigenvalue weighted by molar-refractivity contribution is 0.102. The second-order valence-electron chi connectivity index (χ2n) is 3.41. The molecule has 1 amide bonds. The molecule has 0 aliphatic heterocycles. The molecular formula is C12H7BrClFN2O. The van der Waals surface area contributed by atoms with Crippen molar-refractivity contribution in [2.75, 3.05) is 5.32 Å². The third-order valence-corrected chi connectivity index (χ3v) is 3.20. The lowest BCUT2D eigenvalue weighted by atomic mass is 10.2. The molecule has 3 nitrogen and oxygen atoms in total. The van der Waals surface area contributed by atoms with Crippen LogP contribution in [0.15, 0.2) is 41.1 Å². The third-order valence-electron chi connectivity index (χ3n) is 2.21. The van der Waals surface area contributed by atoms with Gasteiger partial charge in [0.15, 0.2) is 0 Å². The van der Waals surface area contributed by atoms with Crippen molar-refractivity contribution in [3.8, 4) is 0 Å². The zero-order valence-corrected chi connectivity index (χ0v) is 11.3. The normalized spacial score (nSPS) is 10.2. The Balaban J connectivity index is 2.30. The Morgan fingerprint density at radius 3 is 2.83 bits per heavy atom. The van der Waals surface area contributed by atoms with Crippen LogP contribution in [0.3, 0.4) is 0 Å². The van der Waals surface area contributed by atoms with E-state index in [1.54, 1.807) is 6.07 Å². The average molecular weight is 330 g/mol. The Hall–Kier alpha value is -1.46. The van der Waals surface area contributed by atoms with Gasteiger partial charge >= 0.3 is 0 Å². The van der Waals surface area contributed by atoms with E-state index >= 15 is 0 Å². The Labute approximate surface area is 116 Å². The summed E-state index contributed by atoms with van der Waals surface area (Å²) in [6.07, 6.45) is 2.80. The first-order chi connectivity index (χ1) is 8.59. The number of hydrogen-bond donors (Lipinski definition) is 1. The quantitative estimate of drug-likeness (QED) is 0.908. The summed E-state index contributed by atoms with van der Waals surface area (Å²) in [5, 5.41) is 2.71. The number of carbonyl (C=O) groups is 1. The van der Waals surface area contributed by atoms with Gasteiger partial charge in [0, 0.05) is 16.9 Å². The van der Waals surface area contributed by atoms with Gasteiger partial charge in [-0.1, -0.05) is 17.7 Å². The van der Waals surface area contributed by atoms with Gasteiger partial charge < -0.3 is 5.32 Å². The largest absolute Gasteiger partial charge is 0.318 e. The van der Waals surface area contributed by atoms with Gasteiger partial charge in [-0.25, -0.2) is 4.39 Å². The zero-order chi connectivity index (χ0) is 13.1. The van der Waals surface area contributed by atoms with Crippen LogP contribution in [-0.4, -0.2) is 10.9 Å². The second-order valence-corrected chi connectivity index (χ2v) is 4.67. The topological polar surface area (TPSA) is 42.0 Å². The molecule has 0 atom stereocenters. The van der Waals surface area contributed by atoms with Gasteiger partial charge in [-0.05, 0) is 34.1 Å². The van der Waals surface area contributed by atoms with Crippen LogP contribution in [0.25, 0.3) is 0 Å². The maximum atomic E-state index is 13.5. The lowest BCUT2D eigenvalue weighted by Gasteiger charge is -2.08. The summed E-state index contributed by atoms with van der Waals surface area (Å²) >= 11 is 9.02. The smallest absolute Gasteiger partial charge is 0.258 e. The Kier molecular flexibility index (Phi) is 3.93. The SMILES string of the molecule is O=C(Nc1c(F)cccc1Br)c1cnccc1Cl. The van der Waals surface area contributed by atoms with Crippen LogP contribution in [0, 0.1) is 5.82 Å². The van der Waals surface area contributed by atoms with Gasteiger partial charge in [-0.15, -0.1) is 0 Å². The van der Waals surface area contributed by atoms with Crippen LogP contribution in [0.5, 0.6) is 0 Å². The highest BCUT2D eigenvalue weighted by atomic mass is 79.9. The molecule has 1 aromatic carbocycles. The monoisotopic (exact) mass is 328 g/mol. The van der Waals surface area contributed by atoms with Crippen LogP contribution in [0.4, 0.5) is 10.1 Å². The van der Waals surface area contributed by atoms with Crippen molar-refractivity contribution < 1.29 is 9.18 Å². The molecule has 1 aromatic heterocycles. The number of carbonyl (C=O) groups excluding carboxylic acids is 1. The van der Waals surface area contributed by atoms with E-state index in [2.05, 4.69) is 26.2 Å². The minimum Gasteiger partial charge on any atom is -0.318 e. The fraction of sp³-hybridized carbons (Fsp3) is 0. The predicted octanol–water partition coefficient (Wildman–Crippen LogP) is 3.89. The fourth-order valence-corrected chi connectivity index (χ4v) is 1.97. The summed E-state index contributed by atoms with van der Waals surface area (Å²) in [6, 6.07) is 5.91. The predicted molar refractivity (Wildman–Crippen MR) is 71.3 cm³/mol. The van der Waals surface area contributed by atoms with Gasteiger partial charge in [-0.2, -0.15) is 0 Å². The standard InChI is InChI=1S/C12H7BrClFN2O/c13-8-2-1-3-10(15)11(8)17-12(18)7-6-16-5-4-9(7)14/h1-6H,(H,17,18). The molecule has 2 rings (SSSR count). The van der Waals surface area contributed by atoms with E-state index in [9.17, 15) is 9.18 Å². The summed E-state index contributed by atoms with van der Waals surface area (Å²) in [5.41, 5.74) is 0.261. The molecule has 0 saturated heterocycles. The zero-order valence-electron chi connectivity index (χ0n) is 8.95. The molecule has 18 heavy (non-hydrogen) atoms. The van der Waals surface area contributed by atoms with E-state index in [0.29, 0.717) is 4.47 Å². The minimum absolute atomic E-state index is 0.0717. The molecule has 0 radical (unpaired) electrons. The number of benzene rings is 1. The lowest BCUT2D eigenvalue weighted by Crippen LogP contribution is -2.14. The van der Waals surface area contributed by atoms with E-state index < -0.39 is 11.7 Å². The highest BCUT2D eigenvalue weighted by Crippen LogP contribution is 2.26. The number of para-hydroxylation sites is 1. The number of nitrogens with zero attached hydrogens (tertiary/aromatic N) is 1. The van der Waals surface area contributed by atoms with Gasteiger partial charge in [0.2, 0.25) is 0 Å². The van der Waals surface area contributed by atoms with Crippen molar-refractivity contribution in [2.45, 2.75) is 0 Å². The molecule has 0 aliphatic rings. The summed E-state index contributed by atoms with van der Waals surface area (Å²) in [5.74, 6) is -1.04. The molecule has 6 heteroatoms. The molecule has 92 valence electrons. The highest BCUT2D eigenvalue weighted by Gasteiger charge is 2.14. The van der Waals surface area contributed by atoms with Gasteiger partial charge in [0.25, 0.3) is 5.91 Å². The van der Waals surface area contributed by atoms with Crippen LogP contribution < -0.4 is 5.32 Å². The third kappa shape index (κ3) is 2.68. The molecule has 0 saturated carbocycles. The van der Waals surface area contributed by atoms with Crippen LogP contribution in [0.2, 0.25) is 5.02 Å². The maximum absolute atomic E-state index is 13.5. The number of hydrogen-bond acceptors (Lipinski definition) is 2. The summed E-state index contributed by atoms with van der Waals surface area (Å²) in [4.78, 5) is 15.7. The summed E-state index contributed by atoms with van der Waals surface area (Å²) in [7, 11) is 0. The molecule has 0 fully saturated rings. The molecule has 0 unspecified atom stereocenters. The van der Waals surface area contributed by atoms with Gasteiger partial charge in [-0.3, -0.25) is 9.78 Å². The van der Waals surface area contributed by atoms with Crippen molar-refractivity contribution in [1.29, 1.82) is 0 Å². The van der Waals surface area contributed by atoms with E-state index in [1.807, 2.05) is 0 Å². The number of pyridine rings is 1. The second kappa shape index (κ2) is 5.46. The van der Waals surface area contributed by atoms with E-state index in [1.165, 1.54) is 30.6 Å². The number of rotatable bonds is 2.